The average molecular weight is 679 g/mol. The predicted molar refractivity (Wildman–Crippen MR) is 195 cm³/mol. The van der Waals surface area contributed by atoms with Crippen molar-refractivity contribution in [1.29, 1.82) is 0 Å². The molecule has 0 atom stereocenters. The summed E-state index contributed by atoms with van der Waals surface area (Å²) >= 11 is 0. The Labute approximate surface area is 297 Å². The Morgan fingerprint density at radius 3 is 1.90 bits per heavy atom. The van der Waals surface area contributed by atoms with Gasteiger partial charge in [-0.25, -0.2) is 4.79 Å². The maximum Gasteiger partial charge on any atom is 0.337 e. The molecule has 0 fully saturated rings. The van der Waals surface area contributed by atoms with Gasteiger partial charge in [0.2, 0.25) is 0 Å². The molecule has 0 saturated carbocycles. The van der Waals surface area contributed by atoms with Crippen molar-refractivity contribution in [3.8, 4) is 34.1 Å². The average Bonchev–Trinajstić information content (AvgIpc) is 3.20. The Morgan fingerprint density at radius 1 is 0.608 bits per heavy atom. The van der Waals surface area contributed by atoms with Crippen LogP contribution in [0.5, 0.6) is 23.0 Å². The fraction of sp³-hybridized carbons (Fsp3) is 0.159. The predicted octanol–water partition coefficient (Wildman–Crippen LogP) is 9.14. The van der Waals surface area contributed by atoms with Crippen LogP contribution in [0.1, 0.15) is 43.7 Å². The van der Waals surface area contributed by atoms with Crippen LogP contribution in [0.3, 0.4) is 0 Å². The molecule has 6 aromatic rings. The topological polar surface area (TPSA) is 72.5 Å². The summed E-state index contributed by atoms with van der Waals surface area (Å²) < 4.78 is 35.3. The van der Waals surface area contributed by atoms with Crippen LogP contribution in [0.4, 0.5) is 0 Å². The largest absolute Gasteiger partial charge is 0.497 e. The Hall–Kier alpha value is -6.05. The minimum absolute atomic E-state index is 0.320. The van der Waals surface area contributed by atoms with E-state index in [0.717, 1.165) is 67.5 Å². The zero-order valence-electron chi connectivity index (χ0n) is 28.8. The molecule has 7 heteroatoms. The van der Waals surface area contributed by atoms with Crippen molar-refractivity contribution in [3.05, 3.63) is 178 Å². The molecule has 0 radical (unpaired) electrons. The number of esters is 1. The SMILES string of the molecule is COC(=O)c1cccc(COc2ccc3c(c2)COc2cc(COC(c4ccccc4)(c4ccc(OC)cc4)c4ccc(OC)cc4)ccc2-3)c1. The van der Waals surface area contributed by atoms with Gasteiger partial charge in [0.25, 0.3) is 0 Å². The quantitative estimate of drug-likeness (QED) is 0.0945. The van der Waals surface area contributed by atoms with Gasteiger partial charge >= 0.3 is 5.97 Å². The molecule has 1 aliphatic heterocycles. The third-order valence-corrected chi connectivity index (χ3v) is 9.18. The van der Waals surface area contributed by atoms with Crippen molar-refractivity contribution in [2.24, 2.45) is 0 Å². The van der Waals surface area contributed by atoms with Gasteiger partial charge in [-0.15, -0.1) is 0 Å². The molecule has 0 spiro atoms. The van der Waals surface area contributed by atoms with Gasteiger partial charge in [-0.3, -0.25) is 0 Å². The number of carbonyl (C=O) groups is 1. The van der Waals surface area contributed by atoms with Crippen LogP contribution in [0, 0.1) is 0 Å². The van der Waals surface area contributed by atoms with Gasteiger partial charge in [-0.05, 0) is 88.0 Å². The maximum absolute atomic E-state index is 11.9. The van der Waals surface area contributed by atoms with Gasteiger partial charge in [0.15, 0.2) is 0 Å². The van der Waals surface area contributed by atoms with Crippen molar-refractivity contribution in [3.63, 3.8) is 0 Å². The van der Waals surface area contributed by atoms with Crippen LogP contribution in [0.2, 0.25) is 0 Å². The van der Waals surface area contributed by atoms with Crippen molar-refractivity contribution < 1.29 is 33.2 Å². The number of hydrogen-bond donors (Lipinski definition) is 0. The fourth-order valence-electron chi connectivity index (χ4n) is 6.53. The molecule has 0 bridgehead atoms. The molecule has 6 aromatic carbocycles. The highest BCUT2D eigenvalue weighted by Gasteiger charge is 2.38. The van der Waals surface area contributed by atoms with Gasteiger partial charge in [0, 0.05) is 11.1 Å². The van der Waals surface area contributed by atoms with Crippen LogP contribution >= 0.6 is 0 Å². The van der Waals surface area contributed by atoms with Crippen molar-refractivity contribution >= 4 is 5.97 Å². The number of benzene rings is 6. The van der Waals surface area contributed by atoms with E-state index in [1.807, 2.05) is 66.7 Å². The van der Waals surface area contributed by atoms with E-state index in [1.165, 1.54) is 7.11 Å². The molecule has 1 heterocycles. The number of methoxy groups -OCH3 is 3. The first-order valence-electron chi connectivity index (χ1n) is 16.7. The van der Waals surface area contributed by atoms with Crippen LogP contribution in [0.25, 0.3) is 11.1 Å². The van der Waals surface area contributed by atoms with Crippen LogP contribution in [0.15, 0.2) is 140 Å². The Bertz CT molecular complexity index is 2080. The summed E-state index contributed by atoms with van der Waals surface area (Å²) in [5.41, 5.74) is 7.50. The van der Waals surface area contributed by atoms with Gasteiger partial charge in [-0.2, -0.15) is 0 Å². The maximum atomic E-state index is 11.9. The summed E-state index contributed by atoms with van der Waals surface area (Å²) in [6.45, 7) is 1.05. The molecule has 7 nitrogen and oxygen atoms in total. The molecular weight excluding hydrogens is 640 g/mol. The standard InChI is InChI=1S/C44H38O7/c1-46-37-17-13-35(14-18-37)44(34-10-5-4-6-11-34,36-15-19-38(47-2)20-16-36)51-28-31-12-22-41-40-23-21-39(26-33(40)29-50-42(41)25-31)49-27-30-8-7-9-32(24-30)43(45)48-3/h4-26H,27-29H2,1-3H3. The lowest BCUT2D eigenvalue weighted by atomic mass is 9.80. The molecular formula is C44H38O7. The zero-order valence-corrected chi connectivity index (χ0v) is 28.8. The first-order valence-corrected chi connectivity index (χ1v) is 16.7. The van der Waals surface area contributed by atoms with Gasteiger partial charge in [0.1, 0.15) is 41.8 Å². The lowest BCUT2D eigenvalue weighted by Gasteiger charge is -2.36. The third-order valence-electron chi connectivity index (χ3n) is 9.18. The van der Waals surface area contributed by atoms with E-state index in [4.69, 9.17) is 28.4 Å². The van der Waals surface area contributed by atoms with Crippen molar-refractivity contribution in [1.82, 2.24) is 0 Å². The van der Waals surface area contributed by atoms with E-state index in [-0.39, 0.29) is 5.97 Å². The summed E-state index contributed by atoms with van der Waals surface area (Å²) in [5, 5.41) is 0. The first kappa shape index (κ1) is 33.4. The van der Waals surface area contributed by atoms with Crippen LogP contribution in [-0.2, 0) is 34.9 Å². The van der Waals surface area contributed by atoms with Crippen molar-refractivity contribution in [2.45, 2.75) is 25.4 Å². The fourth-order valence-corrected chi connectivity index (χ4v) is 6.53. The Morgan fingerprint density at radius 2 is 1.24 bits per heavy atom. The number of fused-ring (bicyclic) bond motifs is 3. The molecule has 0 aromatic heterocycles. The molecule has 7 rings (SSSR count). The summed E-state index contributed by atoms with van der Waals surface area (Å²) in [7, 11) is 4.70. The first-order chi connectivity index (χ1) is 25.0. The number of hydrogen-bond acceptors (Lipinski definition) is 7. The summed E-state index contributed by atoms with van der Waals surface area (Å²) in [4.78, 5) is 11.9. The highest BCUT2D eigenvalue weighted by molar-refractivity contribution is 5.89. The molecule has 0 N–H and O–H groups in total. The zero-order chi connectivity index (χ0) is 35.2. The lowest BCUT2D eigenvalue weighted by molar-refractivity contribution is 0.000107. The molecule has 256 valence electrons. The molecule has 0 unspecified atom stereocenters. The number of carbonyl (C=O) groups excluding carboxylic acids is 1. The van der Waals surface area contributed by atoms with E-state index >= 15 is 0 Å². The third kappa shape index (κ3) is 6.89. The molecule has 1 aliphatic rings. The van der Waals surface area contributed by atoms with E-state index in [1.54, 1.807) is 26.4 Å². The second-order valence-corrected chi connectivity index (χ2v) is 12.2. The normalized spacial score (nSPS) is 11.8. The lowest BCUT2D eigenvalue weighted by Crippen LogP contribution is -2.32. The van der Waals surface area contributed by atoms with Crippen molar-refractivity contribution in [2.75, 3.05) is 21.3 Å². The second kappa shape index (κ2) is 14.8. The molecule has 0 saturated heterocycles. The smallest absolute Gasteiger partial charge is 0.337 e. The summed E-state index contributed by atoms with van der Waals surface area (Å²) in [6.07, 6.45) is 0. The monoisotopic (exact) mass is 678 g/mol. The summed E-state index contributed by atoms with van der Waals surface area (Å²) in [5.74, 6) is 2.69. The second-order valence-electron chi connectivity index (χ2n) is 12.2. The molecule has 51 heavy (non-hydrogen) atoms. The van der Waals surface area contributed by atoms with E-state index in [0.29, 0.717) is 25.4 Å². The minimum atomic E-state index is -0.930. The highest BCUT2D eigenvalue weighted by atomic mass is 16.5. The van der Waals surface area contributed by atoms with Crippen LogP contribution in [-0.4, -0.2) is 27.3 Å². The Kier molecular flexibility index (Phi) is 9.72. The van der Waals surface area contributed by atoms with Gasteiger partial charge < -0.3 is 28.4 Å². The number of ether oxygens (including phenoxy) is 6. The minimum Gasteiger partial charge on any atom is -0.497 e. The van der Waals surface area contributed by atoms with E-state index < -0.39 is 5.60 Å². The number of rotatable bonds is 12. The van der Waals surface area contributed by atoms with Crippen LogP contribution < -0.4 is 18.9 Å². The Balaban J connectivity index is 1.15. The van der Waals surface area contributed by atoms with E-state index in [9.17, 15) is 4.79 Å². The summed E-state index contributed by atoms with van der Waals surface area (Å²) in [6, 6.07) is 45.9. The van der Waals surface area contributed by atoms with Gasteiger partial charge in [-0.1, -0.05) is 84.9 Å². The van der Waals surface area contributed by atoms with Gasteiger partial charge in [0.05, 0.1) is 33.5 Å². The molecule has 0 aliphatic carbocycles. The highest BCUT2D eigenvalue weighted by Crippen LogP contribution is 2.44. The van der Waals surface area contributed by atoms with E-state index in [2.05, 4.69) is 60.7 Å². The molecule has 0 amide bonds.